The largest absolute Gasteiger partial charge is 0.396 e. The molecule has 1 unspecified atom stereocenters. The summed E-state index contributed by atoms with van der Waals surface area (Å²) in [5.74, 6) is -0.177. The van der Waals surface area contributed by atoms with Gasteiger partial charge in [0, 0.05) is 12.1 Å². The first kappa shape index (κ1) is 16.4. The molecule has 1 aliphatic heterocycles. The van der Waals surface area contributed by atoms with Gasteiger partial charge < -0.3 is 5.11 Å². The van der Waals surface area contributed by atoms with Crippen LogP contribution in [0.1, 0.15) is 18.9 Å². The van der Waals surface area contributed by atoms with Gasteiger partial charge in [-0.15, -0.1) is 0 Å². The maximum absolute atomic E-state index is 12.3. The number of aliphatic hydroxyl groups excluding tert-OH is 1. The van der Waals surface area contributed by atoms with Gasteiger partial charge in [-0.25, -0.2) is 21.6 Å². The summed E-state index contributed by atoms with van der Waals surface area (Å²) in [4.78, 5) is 0.0923. The van der Waals surface area contributed by atoms with Crippen LogP contribution in [0.15, 0.2) is 29.2 Å². The highest BCUT2D eigenvalue weighted by atomic mass is 32.2. The molecular formula is C13H19NO5S2. The zero-order chi connectivity index (χ0) is 15.7. The topological polar surface area (TPSA) is 101 Å². The summed E-state index contributed by atoms with van der Waals surface area (Å²) in [5.41, 5.74) is -0.118. The third kappa shape index (κ3) is 4.03. The fourth-order valence-corrected chi connectivity index (χ4v) is 6.06. The minimum absolute atomic E-state index is 0.000275. The second kappa shape index (κ2) is 5.68. The summed E-state index contributed by atoms with van der Waals surface area (Å²) in [5, 5.41) is 8.83. The zero-order valence-corrected chi connectivity index (χ0v) is 13.4. The average Bonchev–Trinajstić information content (AvgIpc) is 2.63. The van der Waals surface area contributed by atoms with Gasteiger partial charge in [0.15, 0.2) is 9.84 Å². The van der Waals surface area contributed by atoms with Gasteiger partial charge in [-0.2, -0.15) is 0 Å². The van der Waals surface area contributed by atoms with E-state index in [0.29, 0.717) is 6.42 Å². The molecule has 0 spiro atoms. The Morgan fingerprint density at radius 1 is 1.29 bits per heavy atom. The molecule has 2 rings (SSSR count). The second-order valence-electron chi connectivity index (χ2n) is 5.63. The molecule has 1 aromatic carbocycles. The van der Waals surface area contributed by atoms with Crippen molar-refractivity contribution in [1.29, 1.82) is 0 Å². The van der Waals surface area contributed by atoms with Crippen molar-refractivity contribution in [2.24, 2.45) is 0 Å². The lowest BCUT2D eigenvalue weighted by Crippen LogP contribution is -2.46. The van der Waals surface area contributed by atoms with E-state index in [1.54, 1.807) is 19.1 Å². The van der Waals surface area contributed by atoms with Gasteiger partial charge in [0.1, 0.15) is 0 Å². The van der Waals surface area contributed by atoms with Crippen LogP contribution in [0, 0.1) is 0 Å². The van der Waals surface area contributed by atoms with E-state index in [4.69, 9.17) is 5.11 Å². The number of hydrogen-bond acceptors (Lipinski definition) is 5. The molecule has 0 amide bonds. The van der Waals surface area contributed by atoms with E-state index < -0.39 is 25.4 Å². The van der Waals surface area contributed by atoms with E-state index in [-0.39, 0.29) is 29.4 Å². The monoisotopic (exact) mass is 333 g/mol. The van der Waals surface area contributed by atoms with Crippen LogP contribution in [-0.2, 0) is 26.3 Å². The number of sulfone groups is 1. The molecule has 1 fully saturated rings. The van der Waals surface area contributed by atoms with Crippen molar-refractivity contribution in [2.45, 2.75) is 30.2 Å². The normalized spacial score (nSPS) is 25.0. The van der Waals surface area contributed by atoms with Gasteiger partial charge in [-0.1, -0.05) is 12.1 Å². The minimum Gasteiger partial charge on any atom is -0.396 e. The van der Waals surface area contributed by atoms with E-state index in [2.05, 4.69) is 4.72 Å². The van der Waals surface area contributed by atoms with Crippen molar-refractivity contribution < 1.29 is 21.9 Å². The fourth-order valence-electron chi connectivity index (χ4n) is 2.44. The average molecular weight is 333 g/mol. The summed E-state index contributed by atoms with van der Waals surface area (Å²) >= 11 is 0. The van der Waals surface area contributed by atoms with Gasteiger partial charge in [0.05, 0.1) is 16.4 Å². The summed E-state index contributed by atoms with van der Waals surface area (Å²) < 4.78 is 50.2. The molecule has 0 aliphatic carbocycles. The van der Waals surface area contributed by atoms with Crippen LogP contribution in [-0.4, -0.2) is 45.6 Å². The van der Waals surface area contributed by atoms with Crippen LogP contribution in [0.25, 0.3) is 0 Å². The minimum atomic E-state index is -3.76. The Bertz CT molecular complexity index is 709. The van der Waals surface area contributed by atoms with Crippen LogP contribution in [0.2, 0.25) is 0 Å². The van der Waals surface area contributed by atoms with Gasteiger partial charge in [0.2, 0.25) is 10.0 Å². The zero-order valence-electron chi connectivity index (χ0n) is 11.7. The van der Waals surface area contributed by atoms with Crippen LogP contribution in [0.3, 0.4) is 0 Å². The van der Waals surface area contributed by atoms with Crippen molar-refractivity contribution in [3.05, 3.63) is 29.8 Å². The lowest BCUT2D eigenvalue weighted by atomic mass is 10.0. The molecule has 0 aromatic heterocycles. The van der Waals surface area contributed by atoms with Crippen LogP contribution >= 0.6 is 0 Å². The Morgan fingerprint density at radius 2 is 1.90 bits per heavy atom. The first-order valence-electron chi connectivity index (χ1n) is 6.60. The van der Waals surface area contributed by atoms with Crippen molar-refractivity contribution >= 4 is 19.9 Å². The van der Waals surface area contributed by atoms with Gasteiger partial charge in [-0.05, 0) is 37.5 Å². The summed E-state index contributed by atoms with van der Waals surface area (Å²) in [6.07, 6.45) is 0.737. The number of sulfonamides is 1. The first-order valence-corrected chi connectivity index (χ1v) is 9.91. The van der Waals surface area contributed by atoms with Gasteiger partial charge in [0.25, 0.3) is 0 Å². The molecule has 2 N–H and O–H groups in total. The lowest BCUT2D eigenvalue weighted by molar-refractivity contribution is 0.299. The van der Waals surface area contributed by atoms with E-state index in [9.17, 15) is 16.8 Å². The maximum atomic E-state index is 12.3. The Kier molecular flexibility index (Phi) is 4.44. The molecule has 21 heavy (non-hydrogen) atoms. The van der Waals surface area contributed by atoms with Gasteiger partial charge >= 0.3 is 0 Å². The number of aliphatic hydroxyl groups is 1. The first-order chi connectivity index (χ1) is 9.66. The summed E-state index contributed by atoms with van der Waals surface area (Å²) in [6, 6.07) is 6.19. The Balaban J connectivity index is 2.19. The molecule has 1 saturated heterocycles. The summed E-state index contributed by atoms with van der Waals surface area (Å²) in [7, 11) is -6.94. The number of nitrogens with one attached hydrogen (secondary N) is 1. The highest BCUT2D eigenvalue weighted by Gasteiger charge is 2.41. The Labute approximate surface area is 125 Å². The molecule has 0 radical (unpaired) electrons. The maximum Gasteiger partial charge on any atom is 0.241 e. The molecular weight excluding hydrogens is 314 g/mol. The molecule has 118 valence electrons. The molecule has 8 heteroatoms. The highest BCUT2D eigenvalue weighted by Crippen LogP contribution is 2.25. The molecule has 0 bridgehead atoms. The SMILES string of the molecule is CC1(NS(=O)(=O)c2ccc(CCO)cc2)CCS(=O)(=O)C1. The molecule has 1 heterocycles. The Hall–Kier alpha value is -0.960. The number of benzene rings is 1. The summed E-state index contributed by atoms with van der Waals surface area (Å²) in [6.45, 7) is 1.61. The second-order valence-corrected chi connectivity index (χ2v) is 9.49. The van der Waals surface area contributed by atoms with E-state index in [1.807, 2.05) is 0 Å². The third-order valence-electron chi connectivity index (χ3n) is 3.52. The predicted octanol–water partition coefficient (Wildman–Crippen LogP) is 0.0769. The van der Waals surface area contributed by atoms with Crippen molar-refractivity contribution in [1.82, 2.24) is 4.72 Å². The molecule has 1 aromatic rings. The van der Waals surface area contributed by atoms with Crippen molar-refractivity contribution in [3.8, 4) is 0 Å². The van der Waals surface area contributed by atoms with Crippen molar-refractivity contribution in [3.63, 3.8) is 0 Å². The van der Waals surface area contributed by atoms with E-state index in [0.717, 1.165) is 5.56 Å². The highest BCUT2D eigenvalue weighted by molar-refractivity contribution is 7.92. The number of hydrogen-bond donors (Lipinski definition) is 2. The van der Waals surface area contributed by atoms with Crippen LogP contribution < -0.4 is 4.72 Å². The molecule has 1 atom stereocenters. The van der Waals surface area contributed by atoms with Crippen LogP contribution in [0.4, 0.5) is 0 Å². The lowest BCUT2D eigenvalue weighted by Gasteiger charge is -2.23. The van der Waals surface area contributed by atoms with Gasteiger partial charge in [-0.3, -0.25) is 0 Å². The van der Waals surface area contributed by atoms with E-state index >= 15 is 0 Å². The Morgan fingerprint density at radius 3 is 2.38 bits per heavy atom. The molecule has 0 saturated carbocycles. The number of rotatable bonds is 5. The predicted molar refractivity (Wildman–Crippen MR) is 79.2 cm³/mol. The van der Waals surface area contributed by atoms with E-state index in [1.165, 1.54) is 12.1 Å². The molecule has 1 aliphatic rings. The standard InChI is InChI=1S/C13H19NO5S2/c1-13(7-9-20(16,17)10-13)14-21(18,19)12-4-2-11(3-5-12)6-8-15/h2-5,14-15H,6-10H2,1H3. The smallest absolute Gasteiger partial charge is 0.241 e. The quantitative estimate of drug-likeness (QED) is 0.794. The fraction of sp³-hybridized carbons (Fsp3) is 0.538. The van der Waals surface area contributed by atoms with Crippen LogP contribution in [0.5, 0.6) is 0 Å². The van der Waals surface area contributed by atoms with Crippen molar-refractivity contribution in [2.75, 3.05) is 18.1 Å². The third-order valence-corrected chi connectivity index (χ3v) is 7.08. The molecule has 6 nitrogen and oxygen atoms in total.